The molecule has 2 fully saturated rings. The maximum atomic E-state index is 12.1. The lowest BCUT2D eigenvalue weighted by Gasteiger charge is -2.22. The molecule has 1 amide bonds. The number of amides is 1. The van der Waals surface area contributed by atoms with E-state index in [4.69, 9.17) is 5.26 Å². The van der Waals surface area contributed by atoms with Crippen molar-refractivity contribution in [3.63, 3.8) is 0 Å². The summed E-state index contributed by atoms with van der Waals surface area (Å²) in [6.45, 7) is 4.92. The van der Waals surface area contributed by atoms with Crippen LogP contribution in [0.15, 0.2) is 0 Å². The van der Waals surface area contributed by atoms with Gasteiger partial charge in [0.2, 0.25) is 5.91 Å². The fraction of sp³-hybridized carbons (Fsp3) is 0.833. The molecule has 2 atom stereocenters. The molecular formula is C12H18N2O. The van der Waals surface area contributed by atoms with E-state index >= 15 is 0 Å². The quantitative estimate of drug-likeness (QED) is 0.706. The van der Waals surface area contributed by atoms with Gasteiger partial charge in [0.25, 0.3) is 0 Å². The summed E-state index contributed by atoms with van der Waals surface area (Å²) < 4.78 is 0. The minimum absolute atomic E-state index is 0.00935. The molecule has 3 nitrogen and oxygen atoms in total. The van der Waals surface area contributed by atoms with Crippen molar-refractivity contribution >= 4 is 5.91 Å². The Labute approximate surface area is 91.1 Å². The average Bonchev–Trinajstić information content (AvgIpc) is 2.93. The molecule has 1 saturated heterocycles. The van der Waals surface area contributed by atoms with Crippen LogP contribution in [0.25, 0.3) is 0 Å². The summed E-state index contributed by atoms with van der Waals surface area (Å²) in [6.07, 6.45) is 3.17. The van der Waals surface area contributed by atoms with Crippen molar-refractivity contribution in [2.24, 2.45) is 17.8 Å². The number of carbonyl (C=O) groups excluding carboxylic acids is 1. The van der Waals surface area contributed by atoms with Gasteiger partial charge in [0.1, 0.15) is 0 Å². The molecule has 1 aliphatic carbocycles. The smallest absolute Gasteiger partial charge is 0.227 e. The third-order valence-electron chi connectivity index (χ3n) is 3.62. The van der Waals surface area contributed by atoms with Crippen LogP contribution in [0.3, 0.4) is 0 Å². The van der Waals surface area contributed by atoms with E-state index in [0.29, 0.717) is 5.92 Å². The van der Waals surface area contributed by atoms with E-state index in [1.165, 1.54) is 0 Å². The Morgan fingerprint density at radius 1 is 1.40 bits per heavy atom. The molecule has 0 aromatic rings. The predicted octanol–water partition coefficient (Wildman–Crippen LogP) is 1.79. The van der Waals surface area contributed by atoms with Crippen LogP contribution in [0.1, 0.15) is 33.1 Å². The number of hydrogen-bond donors (Lipinski definition) is 0. The van der Waals surface area contributed by atoms with Gasteiger partial charge in [-0.15, -0.1) is 0 Å². The Bertz CT molecular complexity index is 301. The van der Waals surface area contributed by atoms with Gasteiger partial charge in [0.05, 0.1) is 17.9 Å². The Morgan fingerprint density at radius 2 is 2.07 bits per heavy atom. The van der Waals surface area contributed by atoms with Gasteiger partial charge in [-0.2, -0.15) is 5.26 Å². The van der Waals surface area contributed by atoms with E-state index in [1.54, 1.807) is 0 Å². The summed E-state index contributed by atoms with van der Waals surface area (Å²) in [5.74, 6) is 0.700. The summed E-state index contributed by atoms with van der Waals surface area (Å²) in [5.41, 5.74) is 0. The van der Waals surface area contributed by atoms with Crippen LogP contribution in [0, 0.1) is 29.1 Å². The minimum Gasteiger partial charge on any atom is -0.340 e. The number of nitrogens with zero attached hydrogens (tertiary/aromatic N) is 2. The number of carbonyl (C=O) groups is 1. The third-order valence-corrected chi connectivity index (χ3v) is 3.62. The van der Waals surface area contributed by atoms with Gasteiger partial charge in [0, 0.05) is 12.6 Å². The van der Waals surface area contributed by atoms with Crippen molar-refractivity contribution in [1.82, 2.24) is 4.90 Å². The molecule has 3 heteroatoms. The van der Waals surface area contributed by atoms with Crippen LogP contribution in [-0.4, -0.2) is 23.4 Å². The highest BCUT2D eigenvalue weighted by atomic mass is 16.2. The molecule has 2 unspecified atom stereocenters. The highest BCUT2D eigenvalue weighted by molar-refractivity contribution is 5.81. The molecule has 1 aliphatic heterocycles. The van der Waals surface area contributed by atoms with Crippen molar-refractivity contribution in [2.45, 2.75) is 39.2 Å². The van der Waals surface area contributed by atoms with E-state index in [1.807, 2.05) is 18.7 Å². The fourth-order valence-electron chi connectivity index (χ4n) is 2.55. The Morgan fingerprint density at radius 3 is 2.47 bits per heavy atom. The lowest BCUT2D eigenvalue weighted by atomic mass is 9.88. The second-order valence-corrected chi connectivity index (χ2v) is 5.01. The van der Waals surface area contributed by atoms with Crippen LogP contribution in [0.4, 0.5) is 0 Å². The summed E-state index contributed by atoms with van der Waals surface area (Å²) in [7, 11) is 0. The first-order valence-corrected chi connectivity index (χ1v) is 5.85. The van der Waals surface area contributed by atoms with Crippen LogP contribution in [-0.2, 0) is 4.79 Å². The Balaban J connectivity index is 2.05. The molecule has 0 spiro atoms. The van der Waals surface area contributed by atoms with Gasteiger partial charge >= 0.3 is 0 Å². The van der Waals surface area contributed by atoms with Gasteiger partial charge in [-0.25, -0.2) is 0 Å². The van der Waals surface area contributed by atoms with E-state index in [9.17, 15) is 4.79 Å². The minimum atomic E-state index is -0.0127. The third kappa shape index (κ3) is 1.86. The highest BCUT2D eigenvalue weighted by Crippen LogP contribution is 2.43. The summed E-state index contributed by atoms with van der Waals surface area (Å²) in [5, 5.41) is 9.12. The van der Waals surface area contributed by atoms with Crippen molar-refractivity contribution in [1.29, 1.82) is 5.26 Å². The zero-order valence-corrected chi connectivity index (χ0v) is 9.44. The van der Waals surface area contributed by atoms with Crippen molar-refractivity contribution in [2.75, 3.05) is 6.54 Å². The molecule has 15 heavy (non-hydrogen) atoms. The monoisotopic (exact) mass is 206 g/mol. The van der Waals surface area contributed by atoms with E-state index in [0.717, 1.165) is 25.8 Å². The van der Waals surface area contributed by atoms with Crippen LogP contribution < -0.4 is 0 Å². The van der Waals surface area contributed by atoms with Gasteiger partial charge in [-0.05, 0) is 39.0 Å². The summed E-state index contributed by atoms with van der Waals surface area (Å²) >= 11 is 0. The van der Waals surface area contributed by atoms with E-state index < -0.39 is 0 Å². The van der Waals surface area contributed by atoms with Crippen LogP contribution >= 0.6 is 0 Å². The van der Waals surface area contributed by atoms with Crippen LogP contribution in [0.2, 0.25) is 0 Å². The van der Waals surface area contributed by atoms with Crippen molar-refractivity contribution < 1.29 is 4.79 Å². The molecule has 2 rings (SSSR count). The number of nitriles is 1. The summed E-state index contributed by atoms with van der Waals surface area (Å²) in [6, 6.07) is 2.63. The fourth-order valence-corrected chi connectivity index (χ4v) is 2.55. The zero-order chi connectivity index (χ0) is 11.0. The molecule has 82 valence electrons. The molecule has 2 aliphatic rings. The standard InChI is InChI=1S/C12H18N2O/c1-8(2)14-6-5-10(12(14)15)11(7-13)9-3-4-9/h8-11H,3-6H2,1-2H3. The van der Waals surface area contributed by atoms with Gasteiger partial charge in [0.15, 0.2) is 0 Å². The van der Waals surface area contributed by atoms with Crippen LogP contribution in [0.5, 0.6) is 0 Å². The lowest BCUT2D eigenvalue weighted by Crippen LogP contribution is -2.35. The number of hydrogen-bond acceptors (Lipinski definition) is 2. The molecule has 0 aromatic carbocycles. The topological polar surface area (TPSA) is 44.1 Å². The SMILES string of the molecule is CC(C)N1CCC(C(C#N)C2CC2)C1=O. The number of likely N-dealkylation sites (tertiary alicyclic amines) is 1. The molecule has 1 heterocycles. The molecular weight excluding hydrogens is 188 g/mol. The highest BCUT2D eigenvalue weighted by Gasteiger charge is 2.44. The first-order chi connectivity index (χ1) is 7.15. The molecule has 1 saturated carbocycles. The second kappa shape index (κ2) is 3.84. The first-order valence-electron chi connectivity index (χ1n) is 5.85. The molecule has 0 radical (unpaired) electrons. The first kappa shape index (κ1) is 10.5. The summed E-state index contributed by atoms with van der Waals surface area (Å²) in [4.78, 5) is 14.0. The zero-order valence-electron chi connectivity index (χ0n) is 9.44. The number of rotatable bonds is 3. The maximum absolute atomic E-state index is 12.1. The largest absolute Gasteiger partial charge is 0.340 e. The normalized spacial score (nSPS) is 28.3. The lowest BCUT2D eigenvalue weighted by molar-refractivity contribution is -0.133. The molecule has 0 N–H and O–H groups in total. The predicted molar refractivity (Wildman–Crippen MR) is 56.8 cm³/mol. The average molecular weight is 206 g/mol. The van der Waals surface area contributed by atoms with Gasteiger partial charge in [-0.1, -0.05) is 0 Å². The van der Waals surface area contributed by atoms with Gasteiger partial charge < -0.3 is 4.90 Å². The maximum Gasteiger partial charge on any atom is 0.227 e. The second-order valence-electron chi connectivity index (χ2n) is 5.01. The van der Waals surface area contributed by atoms with E-state index in [2.05, 4.69) is 6.07 Å². The van der Waals surface area contributed by atoms with Crippen molar-refractivity contribution in [3.05, 3.63) is 0 Å². The van der Waals surface area contributed by atoms with Gasteiger partial charge in [-0.3, -0.25) is 4.79 Å². The van der Waals surface area contributed by atoms with Crippen molar-refractivity contribution in [3.8, 4) is 6.07 Å². The Kier molecular flexibility index (Phi) is 2.68. The molecule has 0 aromatic heterocycles. The molecule has 0 bridgehead atoms. The Hall–Kier alpha value is -1.04. The van der Waals surface area contributed by atoms with E-state index in [-0.39, 0.29) is 23.8 Å².